The summed E-state index contributed by atoms with van der Waals surface area (Å²) in [6, 6.07) is 8.42. The Hall–Kier alpha value is -3.04. The maximum atomic E-state index is 11.9. The molecular formula is C14H14F3N5O2. The number of hydrogen-bond acceptors (Lipinski definition) is 3. The molecule has 0 radical (unpaired) electrons. The molecule has 0 aliphatic rings. The van der Waals surface area contributed by atoms with E-state index in [9.17, 15) is 22.8 Å². The Morgan fingerprint density at radius 1 is 1.12 bits per heavy atom. The van der Waals surface area contributed by atoms with Gasteiger partial charge in [0.05, 0.1) is 30.3 Å². The molecule has 0 saturated heterocycles. The molecule has 3 N–H and O–H groups in total. The van der Waals surface area contributed by atoms with Gasteiger partial charge in [0.25, 0.3) is 0 Å². The van der Waals surface area contributed by atoms with Crippen LogP contribution in [0.5, 0.6) is 0 Å². The van der Waals surface area contributed by atoms with Crippen molar-refractivity contribution in [3.8, 4) is 5.69 Å². The van der Waals surface area contributed by atoms with Crippen molar-refractivity contribution in [1.82, 2.24) is 20.4 Å². The van der Waals surface area contributed by atoms with Gasteiger partial charge in [-0.05, 0) is 12.1 Å². The van der Waals surface area contributed by atoms with Crippen molar-refractivity contribution in [3.63, 3.8) is 0 Å². The Balaban J connectivity index is 1.79. The highest BCUT2D eigenvalue weighted by molar-refractivity contribution is 5.92. The lowest BCUT2D eigenvalue weighted by atomic mass is 10.3. The molecule has 10 heteroatoms. The molecule has 0 spiro atoms. The minimum Gasteiger partial charge on any atom is -0.345 e. The zero-order chi connectivity index (χ0) is 17.6. The summed E-state index contributed by atoms with van der Waals surface area (Å²) in [5, 5.41) is 10.3. The highest BCUT2D eigenvalue weighted by atomic mass is 19.4. The number of rotatable bonds is 5. The number of carbonyl (C=O) groups is 2. The summed E-state index contributed by atoms with van der Waals surface area (Å²) in [4.78, 5) is 22.8. The molecule has 1 heterocycles. The first-order valence-corrected chi connectivity index (χ1v) is 6.82. The van der Waals surface area contributed by atoms with Crippen LogP contribution in [0.25, 0.3) is 5.69 Å². The molecule has 0 aliphatic heterocycles. The van der Waals surface area contributed by atoms with Crippen molar-refractivity contribution in [1.29, 1.82) is 0 Å². The predicted octanol–water partition coefficient (Wildman–Crippen LogP) is 1.67. The molecule has 0 fully saturated rings. The van der Waals surface area contributed by atoms with E-state index in [1.807, 2.05) is 30.3 Å². The van der Waals surface area contributed by atoms with Crippen LogP contribution in [0.4, 0.5) is 23.7 Å². The standard InChI is InChI=1S/C14H14F3N5O2/c15-14(16,17)9-19-12(23)7-18-13(24)21-10-6-20-22(8-10)11-4-2-1-3-5-11/h1-6,8H,7,9H2,(H,19,23)(H2,18,21,24). The molecule has 1 aromatic heterocycles. The SMILES string of the molecule is O=C(CNC(=O)Nc1cnn(-c2ccccc2)c1)NCC(F)(F)F. The van der Waals surface area contributed by atoms with Gasteiger partial charge in [-0.2, -0.15) is 18.3 Å². The Morgan fingerprint density at radius 2 is 1.83 bits per heavy atom. The second-order valence-electron chi connectivity index (χ2n) is 4.71. The number of benzene rings is 1. The fraction of sp³-hybridized carbons (Fsp3) is 0.214. The lowest BCUT2D eigenvalue weighted by molar-refractivity contribution is -0.137. The van der Waals surface area contributed by atoms with Gasteiger partial charge in [0.15, 0.2) is 0 Å². The number of urea groups is 1. The first-order chi connectivity index (χ1) is 11.3. The van der Waals surface area contributed by atoms with Crippen LogP contribution in [0.2, 0.25) is 0 Å². The van der Waals surface area contributed by atoms with Gasteiger partial charge in [-0.15, -0.1) is 0 Å². The molecule has 0 saturated carbocycles. The third kappa shape index (κ3) is 5.63. The van der Waals surface area contributed by atoms with Crippen molar-refractivity contribution >= 4 is 17.6 Å². The van der Waals surface area contributed by atoms with E-state index in [0.717, 1.165) is 5.69 Å². The second-order valence-corrected chi connectivity index (χ2v) is 4.71. The van der Waals surface area contributed by atoms with Crippen LogP contribution in [0.1, 0.15) is 0 Å². The van der Waals surface area contributed by atoms with E-state index >= 15 is 0 Å². The minimum absolute atomic E-state index is 0.368. The van der Waals surface area contributed by atoms with Gasteiger partial charge < -0.3 is 16.0 Å². The third-order valence-corrected chi connectivity index (χ3v) is 2.76. The molecule has 1 aromatic carbocycles. The molecule has 3 amide bonds. The first kappa shape index (κ1) is 17.3. The van der Waals surface area contributed by atoms with E-state index in [4.69, 9.17) is 0 Å². The van der Waals surface area contributed by atoms with Crippen molar-refractivity contribution in [2.75, 3.05) is 18.4 Å². The van der Waals surface area contributed by atoms with Gasteiger partial charge >= 0.3 is 12.2 Å². The number of halogens is 3. The molecule has 0 aliphatic carbocycles. The van der Waals surface area contributed by atoms with Crippen LogP contribution in [-0.2, 0) is 4.79 Å². The summed E-state index contributed by atoms with van der Waals surface area (Å²) < 4.78 is 37.3. The van der Waals surface area contributed by atoms with Crippen LogP contribution in [0.15, 0.2) is 42.7 Å². The van der Waals surface area contributed by atoms with E-state index in [-0.39, 0.29) is 0 Å². The number of amides is 3. The number of aromatic nitrogens is 2. The zero-order valence-electron chi connectivity index (χ0n) is 12.3. The van der Waals surface area contributed by atoms with Gasteiger partial charge in [-0.25, -0.2) is 9.48 Å². The fourth-order valence-electron chi connectivity index (χ4n) is 1.71. The van der Waals surface area contributed by atoms with Crippen LogP contribution in [-0.4, -0.2) is 41.0 Å². The average Bonchev–Trinajstić information content (AvgIpc) is 2.99. The number of hydrogen-bond donors (Lipinski definition) is 3. The minimum atomic E-state index is -4.50. The fourth-order valence-corrected chi connectivity index (χ4v) is 1.71. The quantitative estimate of drug-likeness (QED) is 0.773. The lowest BCUT2D eigenvalue weighted by Gasteiger charge is -2.09. The summed E-state index contributed by atoms with van der Waals surface area (Å²) >= 11 is 0. The van der Waals surface area contributed by atoms with Crippen LogP contribution in [0.3, 0.4) is 0 Å². The first-order valence-electron chi connectivity index (χ1n) is 6.82. The highest BCUT2D eigenvalue weighted by Gasteiger charge is 2.27. The molecule has 2 aromatic rings. The number of alkyl halides is 3. The van der Waals surface area contributed by atoms with E-state index in [0.29, 0.717) is 5.69 Å². The van der Waals surface area contributed by atoms with E-state index in [2.05, 4.69) is 15.7 Å². The summed E-state index contributed by atoms with van der Waals surface area (Å²) in [6.07, 6.45) is -1.54. The number of nitrogens with zero attached hydrogens (tertiary/aromatic N) is 2. The Kier molecular flexibility index (Phi) is 5.40. The Morgan fingerprint density at radius 3 is 2.50 bits per heavy atom. The van der Waals surface area contributed by atoms with Gasteiger partial charge in [0, 0.05) is 0 Å². The van der Waals surface area contributed by atoms with Crippen LogP contribution < -0.4 is 16.0 Å². The van der Waals surface area contributed by atoms with Crippen LogP contribution in [0, 0.1) is 0 Å². The third-order valence-electron chi connectivity index (χ3n) is 2.76. The van der Waals surface area contributed by atoms with Gasteiger partial charge in [-0.1, -0.05) is 18.2 Å². The Labute approximate surface area is 134 Å². The highest BCUT2D eigenvalue weighted by Crippen LogP contribution is 2.12. The summed E-state index contributed by atoms with van der Waals surface area (Å²) in [5.74, 6) is -0.942. The van der Waals surface area contributed by atoms with Crippen molar-refractivity contribution < 1.29 is 22.8 Å². The Bertz CT molecular complexity index is 700. The van der Waals surface area contributed by atoms with Crippen molar-refractivity contribution in [2.45, 2.75) is 6.18 Å². The number of nitrogens with one attached hydrogen (secondary N) is 3. The van der Waals surface area contributed by atoms with Crippen molar-refractivity contribution in [2.24, 2.45) is 0 Å². The molecule has 7 nitrogen and oxygen atoms in total. The number of para-hydroxylation sites is 1. The lowest BCUT2D eigenvalue weighted by Crippen LogP contribution is -2.42. The van der Waals surface area contributed by atoms with Crippen molar-refractivity contribution in [3.05, 3.63) is 42.7 Å². The summed E-state index contributed by atoms with van der Waals surface area (Å²) in [6.45, 7) is -2.02. The van der Waals surface area contributed by atoms with Crippen LogP contribution >= 0.6 is 0 Å². The van der Waals surface area contributed by atoms with Gasteiger partial charge in [0.2, 0.25) is 5.91 Å². The molecule has 0 atom stereocenters. The zero-order valence-corrected chi connectivity index (χ0v) is 12.3. The molecule has 0 bridgehead atoms. The number of anilines is 1. The summed E-state index contributed by atoms with van der Waals surface area (Å²) in [7, 11) is 0. The normalized spacial score (nSPS) is 11.0. The summed E-state index contributed by atoms with van der Waals surface area (Å²) in [5.41, 5.74) is 1.16. The van der Waals surface area contributed by atoms with Gasteiger partial charge in [-0.3, -0.25) is 4.79 Å². The van der Waals surface area contributed by atoms with Gasteiger partial charge in [0.1, 0.15) is 6.54 Å². The molecule has 128 valence electrons. The molecular weight excluding hydrogens is 327 g/mol. The molecule has 2 rings (SSSR count). The van der Waals surface area contributed by atoms with E-state index in [1.165, 1.54) is 10.9 Å². The maximum Gasteiger partial charge on any atom is 0.405 e. The largest absolute Gasteiger partial charge is 0.405 e. The van der Waals surface area contributed by atoms with E-state index in [1.54, 1.807) is 11.5 Å². The smallest absolute Gasteiger partial charge is 0.345 e. The average molecular weight is 341 g/mol. The second kappa shape index (κ2) is 7.49. The van der Waals surface area contributed by atoms with E-state index < -0.39 is 31.2 Å². The predicted molar refractivity (Wildman–Crippen MR) is 79.7 cm³/mol. The molecule has 24 heavy (non-hydrogen) atoms. The topological polar surface area (TPSA) is 88.1 Å². The maximum absolute atomic E-state index is 11.9. The molecule has 0 unspecified atom stereocenters. The monoisotopic (exact) mass is 341 g/mol. The number of carbonyl (C=O) groups excluding carboxylic acids is 2.